The molecule has 0 aliphatic carbocycles. The minimum absolute atomic E-state index is 0.571. The predicted molar refractivity (Wildman–Crippen MR) is 209 cm³/mol. The Balaban J connectivity index is 1.10. The third kappa shape index (κ3) is 4.37. The molecule has 51 heavy (non-hydrogen) atoms. The lowest BCUT2D eigenvalue weighted by molar-refractivity contribution is 0.669. The van der Waals surface area contributed by atoms with Crippen LogP contribution in [0.25, 0.3) is 109 Å². The second-order valence-corrected chi connectivity index (χ2v) is 13.8. The van der Waals surface area contributed by atoms with Crippen molar-refractivity contribution in [3.63, 3.8) is 0 Å². The largest absolute Gasteiger partial charge is 0.455 e. The summed E-state index contributed by atoms with van der Waals surface area (Å²) in [6.07, 6.45) is 0. The van der Waals surface area contributed by atoms with Crippen LogP contribution < -0.4 is 0 Å². The van der Waals surface area contributed by atoms with Crippen molar-refractivity contribution in [3.8, 4) is 45.3 Å². The highest BCUT2D eigenvalue weighted by atomic mass is 32.1. The molecular weight excluding hydrogens is 647 g/mol. The van der Waals surface area contributed by atoms with Crippen molar-refractivity contribution in [1.82, 2.24) is 15.0 Å². The number of nitrogens with zero attached hydrogens (tertiary/aromatic N) is 3. The van der Waals surface area contributed by atoms with Crippen LogP contribution in [0.3, 0.4) is 0 Å². The predicted octanol–water partition coefficient (Wildman–Crippen LogP) is 12.7. The fraction of sp³-hybridized carbons (Fsp3) is 0. The summed E-state index contributed by atoms with van der Waals surface area (Å²) in [5.74, 6) is 1.79. The maximum Gasteiger partial charge on any atom is 0.167 e. The molecule has 4 aromatic heterocycles. The highest BCUT2D eigenvalue weighted by Gasteiger charge is 2.20. The second-order valence-electron chi connectivity index (χ2n) is 12.7. The van der Waals surface area contributed by atoms with Gasteiger partial charge in [-0.3, -0.25) is 0 Å². The monoisotopic (exact) mass is 671 g/mol. The van der Waals surface area contributed by atoms with E-state index in [-0.39, 0.29) is 0 Å². The summed E-state index contributed by atoms with van der Waals surface area (Å²) < 4.78 is 15.2. The fourth-order valence-corrected chi connectivity index (χ4v) is 8.64. The average molecular weight is 672 g/mol. The number of thiophene rings is 1. The van der Waals surface area contributed by atoms with Crippen LogP contribution in [0.2, 0.25) is 0 Å². The molecule has 0 N–H and O–H groups in total. The van der Waals surface area contributed by atoms with Gasteiger partial charge in [-0.25, -0.2) is 15.0 Å². The fourth-order valence-electron chi connectivity index (χ4n) is 7.37. The first-order valence-electron chi connectivity index (χ1n) is 16.9. The number of para-hydroxylation sites is 4. The van der Waals surface area contributed by atoms with Crippen molar-refractivity contribution in [2.24, 2.45) is 0 Å². The van der Waals surface area contributed by atoms with E-state index in [1.54, 1.807) is 11.3 Å². The van der Waals surface area contributed by atoms with E-state index >= 15 is 0 Å². The van der Waals surface area contributed by atoms with Crippen LogP contribution in [0, 0.1) is 0 Å². The maximum absolute atomic E-state index is 6.45. The summed E-state index contributed by atoms with van der Waals surface area (Å²) in [5, 5.41) is 6.77. The Hall–Kier alpha value is -6.63. The first-order chi connectivity index (χ1) is 25.3. The van der Waals surface area contributed by atoms with Gasteiger partial charge < -0.3 is 8.83 Å². The number of hydrogen-bond donors (Lipinski definition) is 0. The Bertz CT molecular complexity index is 3160. The second kappa shape index (κ2) is 10.9. The topological polar surface area (TPSA) is 65.0 Å². The lowest BCUT2D eigenvalue weighted by Gasteiger charge is -2.09. The molecule has 0 aliphatic heterocycles. The Morgan fingerprint density at radius 2 is 0.922 bits per heavy atom. The molecule has 11 aromatic rings. The lowest BCUT2D eigenvalue weighted by Crippen LogP contribution is -2.00. The molecule has 0 atom stereocenters. The van der Waals surface area contributed by atoms with Crippen LogP contribution in [-0.4, -0.2) is 15.0 Å². The Labute approximate surface area is 295 Å². The molecule has 0 amide bonds. The number of fused-ring (bicyclic) bond motifs is 9. The number of hydrogen-bond acceptors (Lipinski definition) is 6. The molecule has 0 radical (unpaired) electrons. The molecule has 6 heteroatoms. The summed E-state index contributed by atoms with van der Waals surface area (Å²) in [6, 6.07) is 52.1. The molecule has 0 saturated heterocycles. The van der Waals surface area contributed by atoms with E-state index in [1.807, 2.05) is 72.8 Å². The van der Waals surface area contributed by atoms with Crippen molar-refractivity contribution in [2.45, 2.75) is 0 Å². The quantitative estimate of drug-likeness (QED) is 0.186. The summed E-state index contributed by atoms with van der Waals surface area (Å²) >= 11 is 1.78. The van der Waals surface area contributed by atoms with Gasteiger partial charge in [0, 0.05) is 64.0 Å². The van der Waals surface area contributed by atoms with Gasteiger partial charge in [-0.1, -0.05) is 127 Å². The standard InChI is InChI=1S/C45H25N3O2S/c1-2-11-26(12-3-1)43-46-44(48-45(47-43)36-20-9-16-32-29-14-5-7-22-38(29)50-41(32)36)27-23-24-30-34-18-10-19-35(42(34)51-39(30)25-27)33-17-8-15-31-28-13-4-6-21-37(28)49-40(31)33/h1-25H. The Kier molecular flexibility index (Phi) is 6.05. The van der Waals surface area contributed by atoms with Crippen molar-refractivity contribution < 1.29 is 8.83 Å². The van der Waals surface area contributed by atoms with Crippen LogP contribution in [0.15, 0.2) is 160 Å². The van der Waals surface area contributed by atoms with Gasteiger partial charge in [-0.05, 0) is 24.3 Å². The van der Waals surface area contributed by atoms with E-state index in [4.69, 9.17) is 23.8 Å². The van der Waals surface area contributed by atoms with E-state index in [0.29, 0.717) is 17.5 Å². The summed E-state index contributed by atoms with van der Waals surface area (Å²) in [6.45, 7) is 0. The SMILES string of the molecule is c1ccc(-c2nc(-c3ccc4c(c3)sc3c(-c5cccc6c5oc5ccccc56)cccc34)nc(-c3cccc4c3oc3ccccc34)n2)cc1. The number of benzene rings is 7. The summed E-state index contributed by atoms with van der Waals surface area (Å²) in [5.41, 5.74) is 8.34. The van der Waals surface area contributed by atoms with E-state index < -0.39 is 0 Å². The minimum atomic E-state index is 0.571. The molecule has 4 heterocycles. The highest BCUT2D eigenvalue weighted by molar-refractivity contribution is 7.26. The normalized spacial score (nSPS) is 11.9. The molecule has 238 valence electrons. The first-order valence-corrected chi connectivity index (χ1v) is 17.7. The Morgan fingerprint density at radius 3 is 1.65 bits per heavy atom. The lowest BCUT2D eigenvalue weighted by atomic mass is 10.00. The van der Waals surface area contributed by atoms with Crippen LogP contribution in [0.4, 0.5) is 0 Å². The molecule has 7 aromatic carbocycles. The molecule has 0 aliphatic rings. The van der Waals surface area contributed by atoms with Crippen molar-refractivity contribution >= 4 is 75.4 Å². The molecule has 0 spiro atoms. The van der Waals surface area contributed by atoms with Crippen LogP contribution >= 0.6 is 11.3 Å². The third-order valence-corrected chi connectivity index (χ3v) is 11.0. The van der Waals surface area contributed by atoms with E-state index in [2.05, 4.69) is 78.9 Å². The van der Waals surface area contributed by atoms with E-state index in [1.165, 1.54) is 15.5 Å². The van der Waals surface area contributed by atoms with Gasteiger partial charge in [-0.2, -0.15) is 0 Å². The number of rotatable bonds is 4. The first kappa shape index (κ1) is 28.2. The van der Waals surface area contributed by atoms with Crippen molar-refractivity contribution in [2.75, 3.05) is 0 Å². The van der Waals surface area contributed by atoms with Gasteiger partial charge in [0.15, 0.2) is 17.5 Å². The van der Waals surface area contributed by atoms with Gasteiger partial charge in [0.25, 0.3) is 0 Å². The van der Waals surface area contributed by atoms with Gasteiger partial charge >= 0.3 is 0 Å². The van der Waals surface area contributed by atoms with Crippen molar-refractivity contribution in [3.05, 3.63) is 152 Å². The van der Waals surface area contributed by atoms with Crippen molar-refractivity contribution in [1.29, 1.82) is 0 Å². The average Bonchev–Trinajstić information content (AvgIpc) is 3.89. The van der Waals surface area contributed by atoms with E-state index in [0.717, 1.165) is 76.4 Å². The zero-order valence-corrected chi connectivity index (χ0v) is 27.8. The third-order valence-electron chi connectivity index (χ3n) is 9.76. The molecule has 5 nitrogen and oxygen atoms in total. The zero-order valence-electron chi connectivity index (χ0n) is 27.0. The smallest absolute Gasteiger partial charge is 0.167 e. The number of aromatic nitrogens is 3. The van der Waals surface area contributed by atoms with Gasteiger partial charge in [0.2, 0.25) is 0 Å². The highest BCUT2D eigenvalue weighted by Crippen LogP contribution is 2.44. The zero-order chi connectivity index (χ0) is 33.5. The molecule has 0 saturated carbocycles. The van der Waals surface area contributed by atoms with Crippen LogP contribution in [0.1, 0.15) is 0 Å². The molecular formula is C45H25N3O2S. The minimum Gasteiger partial charge on any atom is -0.455 e. The molecule has 0 bridgehead atoms. The molecule has 0 unspecified atom stereocenters. The summed E-state index contributed by atoms with van der Waals surface area (Å²) in [7, 11) is 0. The van der Waals surface area contributed by atoms with Gasteiger partial charge in [-0.15, -0.1) is 11.3 Å². The summed E-state index contributed by atoms with van der Waals surface area (Å²) in [4.78, 5) is 15.2. The number of furan rings is 2. The maximum atomic E-state index is 6.45. The van der Waals surface area contributed by atoms with Crippen LogP contribution in [-0.2, 0) is 0 Å². The van der Waals surface area contributed by atoms with Gasteiger partial charge in [0.05, 0.1) is 5.56 Å². The van der Waals surface area contributed by atoms with Crippen LogP contribution in [0.5, 0.6) is 0 Å². The molecule has 0 fully saturated rings. The van der Waals surface area contributed by atoms with Gasteiger partial charge in [0.1, 0.15) is 22.3 Å². The Morgan fingerprint density at radius 1 is 0.373 bits per heavy atom. The molecule has 11 rings (SSSR count). The van der Waals surface area contributed by atoms with E-state index in [9.17, 15) is 0 Å².